The fraction of sp³-hybridized carbons (Fsp3) is 0.320. The Morgan fingerprint density at radius 2 is 1.60 bits per heavy atom. The van der Waals surface area contributed by atoms with Gasteiger partial charge in [-0.3, -0.25) is 4.79 Å². The lowest BCUT2D eigenvalue weighted by Crippen LogP contribution is -2.53. The number of piperazine rings is 1. The minimum absolute atomic E-state index is 0.137. The minimum atomic E-state index is -0.182. The molecule has 0 aliphatic carbocycles. The molecule has 2 N–H and O–H groups in total. The van der Waals surface area contributed by atoms with Crippen LogP contribution in [0.5, 0.6) is 0 Å². The van der Waals surface area contributed by atoms with E-state index in [0.29, 0.717) is 0 Å². The highest BCUT2D eigenvalue weighted by Gasteiger charge is 2.34. The van der Waals surface area contributed by atoms with Gasteiger partial charge in [-0.25, -0.2) is 10.9 Å². The molecule has 2 heterocycles. The smallest absolute Gasteiger partial charge is 0.241 e. The highest BCUT2D eigenvalue weighted by Crippen LogP contribution is 2.30. The van der Waals surface area contributed by atoms with Crippen molar-refractivity contribution in [1.82, 2.24) is 15.8 Å². The Morgan fingerprint density at radius 1 is 0.867 bits per heavy atom. The molecule has 5 nitrogen and oxygen atoms in total. The van der Waals surface area contributed by atoms with Crippen molar-refractivity contribution in [3.05, 3.63) is 77.9 Å². The second-order valence-electron chi connectivity index (χ2n) is 8.30. The van der Waals surface area contributed by atoms with Crippen molar-refractivity contribution in [2.75, 3.05) is 31.1 Å². The Bertz CT molecular complexity index is 1050. The first kappa shape index (κ1) is 19.1. The van der Waals surface area contributed by atoms with Crippen LogP contribution in [0.3, 0.4) is 0 Å². The van der Waals surface area contributed by atoms with Gasteiger partial charge in [0.05, 0.1) is 0 Å². The number of aryl methyl sites for hydroxylation is 1. The van der Waals surface area contributed by atoms with Gasteiger partial charge in [0.25, 0.3) is 0 Å². The summed E-state index contributed by atoms with van der Waals surface area (Å²) in [6.45, 7) is 5.44. The predicted octanol–water partition coefficient (Wildman–Crippen LogP) is 3.40. The molecule has 0 spiro atoms. The molecule has 1 amide bonds. The Labute approximate surface area is 177 Å². The summed E-state index contributed by atoms with van der Waals surface area (Å²) in [6.07, 6.45) is 0.769. The Morgan fingerprint density at radius 3 is 2.43 bits per heavy atom. The molecule has 2 saturated heterocycles. The number of nitrogens with zero attached hydrogens (tertiary/aromatic N) is 2. The molecule has 154 valence electrons. The van der Waals surface area contributed by atoms with Crippen LogP contribution in [-0.4, -0.2) is 43.0 Å². The van der Waals surface area contributed by atoms with Crippen LogP contribution < -0.4 is 15.8 Å². The lowest BCUT2D eigenvalue weighted by molar-refractivity contribution is -0.133. The maximum Gasteiger partial charge on any atom is 0.241 e. The molecule has 0 saturated carbocycles. The summed E-state index contributed by atoms with van der Waals surface area (Å²) in [5.41, 5.74) is 10.5. The Kier molecular flexibility index (Phi) is 5.15. The van der Waals surface area contributed by atoms with E-state index in [4.69, 9.17) is 0 Å². The fourth-order valence-corrected chi connectivity index (χ4v) is 4.78. The summed E-state index contributed by atoms with van der Waals surface area (Å²) in [6, 6.07) is 23.3. The van der Waals surface area contributed by atoms with Crippen molar-refractivity contribution in [1.29, 1.82) is 0 Å². The van der Waals surface area contributed by atoms with Gasteiger partial charge < -0.3 is 9.80 Å². The van der Waals surface area contributed by atoms with Gasteiger partial charge >= 0.3 is 0 Å². The molecule has 5 heteroatoms. The monoisotopic (exact) mass is 400 g/mol. The molecular weight excluding hydrogens is 372 g/mol. The SMILES string of the molecule is Cc1ccccc1N1CCN(C(=O)C2CC(c3cccc4ccccc34)NN2)CC1. The highest BCUT2D eigenvalue weighted by atomic mass is 16.2. The Hall–Kier alpha value is -2.89. The lowest BCUT2D eigenvalue weighted by atomic mass is 9.96. The number of fused-ring (bicyclic) bond motifs is 1. The summed E-state index contributed by atoms with van der Waals surface area (Å²) in [4.78, 5) is 17.6. The number of anilines is 1. The number of benzene rings is 3. The standard InChI is InChI=1S/C25H28N4O/c1-18-7-2-5-12-24(18)28-13-15-29(16-14-28)25(30)23-17-22(26-27-23)21-11-6-9-19-8-3-4-10-20(19)21/h2-12,22-23,26-27H,13-17H2,1H3. The topological polar surface area (TPSA) is 47.6 Å². The van der Waals surface area contributed by atoms with Gasteiger partial charge in [-0.1, -0.05) is 60.7 Å². The number of nitrogens with one attached hydrogen (secondary N) is 2. The number of rotatable bonds is 3. The molecule has 3 aromatic rings. The van der Waals surface area contributed by atoms with E-state index >= 15 is 0 Å². The van der Waals surface area contributed by atoms with Gasteiger partial charge in [0.1, 0.15) is 6.04 Å². The van der Waals surface area contributed by atoms with Gasteiger partial charge in [0.15, 0.2) is 0 Å². The lowest BCUT2D eigenvalue weighted by Gasteiger charge is -2.37. The molecule has 2 aliphatic heterocycles. The first-order valence-electron chi connectivity index (χ1n) is 10.8. The summed E-state index contributed by atoms with van der Waals surface area (Å²) in [5.74, 6) is 0.203. The van der Waals surface area contributed by atoms with Crippen molar-refractivity contribution in [2.45, 2.75) is 25.4 Å². The van der Waals surface area contributed by atoms with Crippen molar-refractivity contribution in [3.63, 3.8) is 0 Å². The van der Waals surface area contributed by atoms with Crippen LogP contribution in [0.15, 0.2) is 66.7 Å². The van der Waals surface area contributed by atoms with Crippen molar-refractivity contribution >= 4 is 22.4 Å². The van der Waals surface area contributed by atoms with Crippen LogP contribution in [0.4, 0.5) is 5.69 Å². The van der Waals surface area contributed by atoms with Crippen LogP contribution >= 0.6 is 0 Å². The highest BCUT2D eigenvalue weighted by molar-refractivity contribution is 5.87. The van der Waals surface area contributed by atoms with Gasteiger partial charge in [-0.2, -0.15) is 0 Å². The number of hydrazine groups is 1. The van der Waals surface area contributed by atoms with Gasteiger partial charge in [-0.05, 0) is 41.3 Å². The average molecular weight is 401 g/mol. The third-order valence-electron chi connectivity index (χ3n) is 6.45. The van der Waals surface area contributed by atoms with E-state index in [1.165, 1.54) is 27.6 Å². The molecular formula is C25H28N4O. The van der Waals surface area contributed by atoms with E-state index in [1.54, 1.807) is 0 Å². The van der Waals surface area contributed by atoms with Gasteiger partial charge in [0, 0.05) is 37.9 Å². The molecule has 0 aromatic heterocycles. The van der Waals surface area contributed by atoms with E-state index in [9.17, 15) is 4.79 Å². The number of amides is 1. The molecule has 2 fully saturated rings. The largest absolute Gasteiger partial charge is 0.368 e. The van der Waals surface area contributed by atoms with Gasteiger partial charge in [-0.15, -0.1) is 0 Å². The number of carbonyl (C=O) groups excluding carboxylic acids is 1. The van der Waals surface area contributed by atoms with Crippen molar-refractivity contribution in [2.24, 2.45) is 0 Å². The molecule has 0 radical (unpaired) electrons. The first-order chi connectivity index (χ1) is 14.7. The summed E-state index contributed by atoms with van der Waals surface area (Å²) < 4.78 is 0. The third kappa shape index (κ3) is 3.55. The maximum atomic E-state index is 13.2. The molecule has 2 aliphatic rings. The normalized spacial score (nSPS) is 21.9. The quantitative estimate of drug-likeness (QED) is 0.707. The third-order valence-corrected chi connectivity index (χ3v) is 6.45. The molecule has 2 unspecified atom stereocenters. The van der Waals surface area contributed by atoms with Crippen LogP contribution in [-0.2, 0) is 4.79 Å². The second-order valence-corrected chi connectivity index (χ2v) is 8.30. The van der Waals surface area contributed by atoms with Crippen molar-refractivity contribution < 1.29 is 4.79 Å². The summed E-state index contributed by atoms with van der Waals surface area (Å²) in [5, 5.41) is 2.48. The molecule has 2 atom stereocenters. The minimum Gasteiger partial charge on any atom is -0.368 e. The number of para-hydroxylation sites is 1. The zero-order valence-electron chi connectivity index (χ0n) is 17.3. The Balaban J connectivity index is 1.23. The van der Waals surface area contributed by atoms with Crippen LogP contribution in [0.1, 0.15) is 23.6 Å². The fourth-order valence-electron chi connectivity index (χ4n) is 4.78. The predicted molar refractivity (Wildman–Crippen MR) is 121 cm³/mol. The van der Waals surface area contributed by atoms with Crippen molar-refractivity contribution in [3.8, 4) is 0 Å². The van der Waals surface area contributed by atoms with E-state index in [0.717, 1.165) is 32.6 Å². The molecule has 30 heavy (non-hydrogen) atoms. The summed E-state index contributed by atoms with van der Waals surface area (Å²) in [7, 11) is 0. The second kappa shape index (κ2) is 8.09. The van der Waals surface area contributed by atoms with Crippen LogP contribution in [0.25, 0.3) is 10.8 Å². The molecule has 5 rings (SSSR count). The number of hydrogen-bond donors (Lipinski definition) is 2. The van der Waals surface area contributed by atoms with Crippen LogP contribution in [0.2, 0.25) is 0 Å². The van der Waals surface area contributed by atoms with E-state index in [2.05, 4.69) is 89.4 Å². The molecule has 0 bridgehead atoms. The average Bonchev–Trinajstić information content (AvgIpc) is 3.29. The van der Waals surface area contributed by atoms with E-state index in [-0.39, 0.29) is 18.0 Å². The van der Waals surface area contributed by atoms with E-state index in [1.807, 2.05) is 4.90 Å². The zero-order chi connectivity index (χ0) is 20.5. The zero-order valence-corrected chi connectivity index (χ0v) is 17.3. The van der Waals surface area contributed by atoms with E-state index < -0.39 is 0 Å². The summed E-state index contributed by atoms with van der Waals surface area (Å²) >= 11 is 0. The number of carbonyl (C=O) groups is 1. The van der Waals surface area contributed by atoms with Gasteiger partial charge in [0.2, 0.25) is 5.91 Å². The first-order valence-corrected chi connectivity index (χ1v) is 10.8. The number of hydrogen-bond acceptors (Lipinski definition) is 4. The molecule has 3 aromatic carbocycles. The van der Waals surface area contributed by atoms with Crippen LogP contribution in [0, 0.1) is 6.92 Å². The maximum absolute atomic E-state index is 13.2.